The maximum atomic E-state index is 10.8. The van der Waals surface area contributed by atoms with Gasteiger partial charge in [0.25, 0.3) is 0 Å². The molecule has 0 radical (unpaired) electrons. The Hall–Kier alpha value is -2.08. The quantitative estimate of drug-likeness (QED) is 0.589. The maximum Gasteiger partial charge on any atom is 0.231 e. The van der Waals surface area contributed by atoms with Gasteiger partial charge in [0.15, 0.2) is 0 Å². The summed E-state index contributed by atoms with van der Waals surface area (Å²) in [4.78, 5) is 23.3. The second-order valence-electron chi connectivity index (χ2n) is 4.06. The van der Waals surface area contributed by atoms with Crippen molar-refractivity contribution >= 4 is 11.8 Å². The van der Waals surface area contributed by atoms with E-state index in [9.17, 15) is 9.59 Å². The molecule has 6 heteroatoms. The first-order valence-corrected chi connectivity index (χ1v) is 5.54. The predicted molar refractivity (Wildman–Crippen MR) is 66.6 cm³/mol. The number of hydrogen-bond donors (Lipinski definition) is 3. The van der Waals surface area contributed by atoms with Crippen LogP contribution in [0.15, 0.2) is 24.3 Å². The van der Waals surface area contributed by atoms with Gasteiger partial charge < -0.3 is 16.6 Å². The Bertz CT molecular complexity index is 401. The van der Waals surface area contributed by atoms with Gasteiger partial charge in [-0.15, -0.1) is 0 Å². The van der Waals surface area contributed by atoms with Crippen molar-refractivity contribution in [2.45, 2.75) is 6.42 Å². The van der Waals surface area contributed by atoms with Crippen molar-refractivity contribution in [1.29, 1.82) is 0 Å². The maximum absolute atomic E-state index is 10.8. The summed E-state index contributed by atoms with van der Waals surface area (Å²) in [6.45, 7) is 0.499. The number of carbonyl (C=O) groups excluding carboxylic acids is 2. The van der Waals surface area contributed by atoms with Gasteiger partial charge in [-0.1, -0.05) is 12.1 Å². The average molecular weight is 251 g/mol. The normalized spacial score (nSPS) is 10.5. The van der Waals surface area contributed by atoms with Gasteiger partial charge in [0.1, 0.15) is 5.75 Å². The van der Waals surface area contributed by atoms with E-state index >= 15 is 0 Å². The highest BCUT2D eigenvalue weighted by atomic mass is 16.3. The fourth-order valence-electron chi connectivity index (χ4n) is 1.60. The van der Waals surface area contributed by atoms with E-state index in [2.05, 4.69) is 0 Å². The first-order chi connectivity index (χ1) is 8.47. The van der Waals surface area contributed by atoms with Crippen LogP contribution in [0.1, 0.15) is 5.56 Å². The van der Waals surface area contributed by atoms with Crippen LogP contribution in [0.4, 0.5) is 0 Å². The third-order valence-corrected chi connectivity index (χ3v) is 2.41. The zero-order valence-electron chi connectivity index (χ0n) is 10.0. The van der Waals surface area contributed by atoms with Gasteiger partial charge >= 0.3 is 0 Å². The second-order valence-corrected chi connectivity index (χ2v) is 4.06. The summed E-state index contributed by atoms with van der Waals surface area (Å²) in [5.41, 5.74) is 11.2. The van der Waals surface area contributed by atoms with Crippen molar-refractivity contribution < 1.29 is 14.7 Å². The lowest BCUT2D eigenvalue weighted by Crippen LogP contribution is -2.40. The van der Waals surface area contributed by atoms with E-state index in [-0.39, 0.29) is 18.8 Å². The highest BCUT2D eigenvalue weighted by Gasteiger charge is 2.11. The molecule has 0 spiro atoms. The number of rotatable bonds is 7. The first-order valence-electron chi connectivity index (χ1n) is 5.54. The molecule has 1 rings (SSSR count). The number of phenols is 1. The molecule has 0 aliphatic rings. The van der Waals surface area contributed by atoms with Crippen LogP contribution >= 0.6 is 0 Å². The number of benzene rings is 1. The van der Waals surface area contributed by atoms with Gasteiger partial charge in [-0.2, -0.15) is 0 Å². The SMILES string of the molecule is NC(=O)CN(CCc1ccc(O)cc1)CC(N)=O. The summed E-state index contributed by atoms with van der Waals surface area (Å²) in [6.07, 6.45) is 0.640. The van der Waals surface area contributed by atoms with Gasteiger partial charge in [0.05, 0.1) is 13.1 Å². The zero-order valence-corrected chi connectivity index (χ0v) is 10.0. The summed E-state index contributed by atoms with van der Waals surface area (Å²) >= 11 is 0. The molecular weight excluding hydrogens is 234 g/mol. The van der Waals surface area contributed by atoms with Gasteiger partial charge in [-0.05, 0) is 24.1 Å². The van der Waals surface area contributed by atoms with Crippen molar-refractivity contribution in [3.8, 4) is 5.75 Å². The number of nitrogens with zero attached hydrogens (tertiary/aromatic N) is 1. The lowest BCUT2D eigenvalue weighted by molar-refractivity contribution is -0.121. The van der Waals surface area contributed by atoms with E-state index in [0.29, 0.717) is 13.0 Å². The van der Waals surface area contributed by atoms with Gasteiger partial charge in [-0.25, -0.2) is 0 Å². The van der Waals surface area contributed by atoms with Gasteiger partial charge in [-0.3, -0.25) is 14.5 Å². The lowest BCUT2D eigenvalue weighted by Gasteiger charge is -2.18. The topological polar surface area (TPSA) is 110 Å². The molecule has 0 aromatic heterocycles. The van der Waals surface area contributed by atoms with Crippen molar-refractivity contribution in [2.24, 2.45) is 11.5 Å². The minimum absolute atomic E-state index is 0.00102. The Labute approximate surface area is 105 Å². The van der Waals surface area contributed by atoms with E-state index in [0.717, 1.165) is 5.56 Å². The number of phenolic OH excluding ortho intramolecular Hbond substituents is 1. The minimum Gasteiger partial charge on any atom is -0.508 e. The molecule has 0 saturated carbocycles. The molecule has 0 aliphatic heterocycles. The molecule has 0 heterocycles. The first kappa shape index (κ1) is 14.0. The van der Waals surface area contributed by atoms with Crippen LogP contribution in [0.5, 0.6) is 5.75 Å². The third-order valence-electron chi connectivity index (χ3n) is 2.41. The standard InChI is InChI=1S/C12H17N3O3/c13-11(17)7-15(8-12(14)18)6-5-9-1-3-10(16)4-2-9/h1-4,16H,5-8H2,(H2,13,17)(H2,14,18). The molecule has 0 fully saturated rings. The highest BCUT2D eigenvalue weighted by Crippen LogP contribution is 2.10. The molecule has 1 aromatic carbocycles. The van der Waals surface area contributed by atoms with Crippen LogP contribution in [-0.4, -0.2) is 41.5 Å². The lowest BCUT2D eigenvalue weighted by atomic mass is 10.1. The summed E-state index contributed by atoms with van der Waals surface area (Å²) in [5.74, 6) is -0.797. The minimum atomic E-state index is -0.498. The van der Waals surface area contributed by atoms with E-state index in [1.165, 1.54) is 0 Å². The number of amides is 2. The molecule has 98 valence electrons. The Kier molecular flexibility index (Phi) is 5.13. The van der Waals surface area contributed by atoms with Crippen LogP contribution in [0.25, 0.3) is 0 Å². The molecule has 0 aliphatic carbocycles. The van der Waals surface area contributed by atoms with Crippen molar-refractivity contribution in [3.05, 3.63) is 29.8 Å². The van der Waals surface area contributed by atoms with E-state index in [1.54, 1.807) is 29.2 Å². The Morgan fingerprint density at radius 3 is 2.00 bits per heavy atom. The van der Waals surface area contributed by atoms with Crippen LogP contribution < -0.4 is 11.5 Å². The fraction of sp³-hybridized carbons (Fsp3) is 0.333. The summed E-state index contributed by atoms with van der Waals surface area (Å²) < 4.78 is 0. The summed E-state index contributed by atoms with van der Waals surface area (Å²) in [6, 6.07) is 6.73. The van der Waals surface area contributed by atoms with Gasteiger partial charge in [0.2, 0.25) is 11.8 Å². The van der Waals surface area contributed by atoms with E-state index < -0.39 is 11.8 Å². The van der Waals surface area contributed by atoms with Crippen LogP contribution in [0.3, 0.4) is 0 Å². The Balaban J connectivity index is 2.52. The van der Waals surface area contributed by atoms with Crippen molar-refractivity contribution in [2.75, 3.05) is 19.6 Å². The molecule has 0 atom stereocenters. The molecule has 18 heavy (non-hydrogen) atoms. The van der Waals surface area contributed by atoms with E-state index in [4.69, 9.17) is 16.6 Å². The molecule has 1 aromatic rings. The van der Waals surface area contributed by atoms with Crippen LogP contribution in [0, 0.1) is 0 Å². The zero-order chi connectivity index (χ0) is 13.5. The van der Waals surface area contributed by atoms with Gasteiger partial charge in [0, 0.05) is 6.54 Å². The molecule has 0 saturated heterocycles. The molecule has 0 bridgehead atoms. The monoisotopic (exact) mass is 251 g/mol. The highest BCUT2D eigenvalue weighted by molar-refractivity contribution is 5.79. The number of nitrogens with two attached hydrogens (primary N) is 2. The van der Waals surface area contributed by atoms with Crippen molar-refractivity contribution in [1.82, 2.24) is 4.90 Å². The fourth-order valence-corrected chi connectivity index (χ4v) is 1.60. The third kappa shape index (κ3) is 5.31. The number of hydrogen-bond acceptors (Lipinski definition) is 4. The van der Waals surface area contributed by atoms with Crippen molar-refractivity contribution in [3.63, 3.8) is 0 Å². The van der Waals surface area contributed by atoms with E-state index in [1.807, 2.05) is 0 Å². The summed E-state index contributed by atoms with van der Waals surface area (Å²) in [5, 5.41) is 9.14. The molecule has 6 nitrogen and oxygen atoms in total. The molecule has 2 amide bonds. The average Bonchev–Trinajstić information content (AvgIpc) is 2.26. The number of aromatic hydroxyl groups is 1. The Morgan fingerprint density at radius 1 is 1.06 bits per heavy atom. The molecule has 5 N–H and O–H groups in total. The van der Waals surface area contributed by atoms with Crippen LogP contribution in [-0.2, 0) is 16.0 Å². The second kappa shape index (κ2) is 6.61. The smallest absolute Gasteiger partial charge is 0.231 e. The number of primary amides is 2. The van der Waals surface area contributed by atoms with Crippen LogP contribution in [0.2, 0.25) is 0 Å². The molecule has 0 unspecified atom stereocenters. The molecular formula is C12H17N3O3. The Morgan fingerprint density at radius 2 is 1.56 bits per heavy atom. The summed E-state index contributed by atoms with van der Waals surface area (Å²) in [7, 11) is 0. The predicted octanol–water partition coefficient (Wildman–Crippen LogP) is -0.793. The number of carbonyl (C=O) groups is 2. The largest absolute Gasteiger partial charge is 0.508 e.